The summed E-state index contributed by atoms with van der Waals surface area (Å²) in [6.45, 7) is 0.583. The van der Waals surface area contributed by atoms with E-state index in [0.29, 0.717) is 33.2 Å². The molecular weight excluding hydrogens is 439 g/mol. The maximum Gasteiger partial charge on any atom is 0.325 e. The van der Waals surface area contributed by atoms with Crippen LogP contribution in [0.15, 0.2) is 48.5 Å². The van der Waals surface area contributed by atoms with Gasteiger partial charge in [-0.05, 0) is 48.5 Å². The Hall–Kier alpha value is -2.00. The number of rotatable bonds is 8. The smallest absolute Gasteiger partial charge is 0.325 e. The Bertz CT molecular complexity index is 905. The highest BCUT2D eigenvalue weighted by molar-refractivity contribution is 7.98. The maximum atomic E-state index is 12.0. The van der Waals surface area contributed by atoms with Crippen LogP contribution in [-0.2, 0) is 5.75 Å². The predicted octanol–water partition coefficient (Wildman–Crippen LogP) is 5.80. The minimum Gasteiger partial charge on any atom is -0.493 e. The number of nitrogens with zero attached hydrogens (tertiary/aromatic N) is 2. The molecular formula is C18H16Cl2N4O2S2. The number of hydrogen-bond acceptors (Lipinski definition) is 6. The van der Waals surface area contributed by atoms with Crippen molar-refractivity contribution in [3.63, 3.8) is 0 Å². The number of anilines is 2. The molecule has 2 aromatic carbocycles. The molecule has 0 saturated heterocycles. The molecule has 10 heteroatoms. The van der Waals surface area contributed by atoms with Gasteiger partial charge in [0.05, 0.1) is 6.61 Å². The second-order valence-corrected chi connectivity index (χ2v) is 8.48. The van der Waals surface area contributed by atoms with Crippen LogP contribution in [0.25, 0.3) is 0 Å². The quantitative estimate of drug-likeness (QED) is 0.420. The fourth-order valence-electron chi connectivity index (χ4n) is 2.06. The Balaban J connectivity index is 1.36. The number of carbonyl (C=O) groups excluding carboxylic acids is 1. The summed E-state index contributed by atoms with van der Waals surface area (Å²) in [4.78, 5) is 12.0. The van der Waals surface area contributed by atoms with E-state index in [1.807, 2.05) is 12.1 Å². The molecule has 1 heterocycles. The van der Waals surface area contributed by atoms with E-state index < -0.39 is 0 Å². The first-order chi connectivity index (χ1) is 13.6. The molecule has 0 saturated carbocycles. The van der Waals surface area contributed by atoms with Crippen molar-refractivity contribution in [1.29, 1.82) is 0 Å². The molecule has 146 valence electrons. The second-order valence-electron chi connectivity index (χ2n) is 5.44. The standard InChI is InChI=1S/C18H16Cl2N4O2S2/c19-12-1-5-14(6-2-12)21-17(25)22-18-24-23-16(28-18)11-27-10-9-26-15-7-3-13(20)4-8-15/h1-8H,9-11H2,(H2,21,22,24,25). The Kier molecular flexibility index (Phi) is 7.79. The molecule has 0 unspecified atom stereocenters. The van der Waals surface area contributed by atoms with Crippen LogP contribution in [0.3, 0.4) is 0 Å². The molecule has 2 N–H and O–H groups in total. The number of thioether (sulfide) groups is 1. The van der Waals surface area contributed by atoms with Gasteiger partial charge in [0.2, 0.25) is 5.13 Å². The topological polar surface area (TPSA) is 76.1 Å². The lowest BCUT2D eigenvalue weighted by Gasteiger charge is -2.05. The fourth-order valence-corrected chi connectivity index (χ4v) is 3.91. The Morgan fingerprint density at radius 1 is 1.00 bits per heavy atom. The van der Waals surface area contributed by atoms with Crippen LogP contribution in [0.2, 0.25) is 10.0 Å². The second kappa shape index (κ2) is 10.5. The number of urea groups is 1. The normalized spacial score (nSPS) is 10.5. The third-order valence-electron chi connectivity index (χ3n) is 3.32. The maximum absolute atomic E-state index is 12.0. The fraction of sp³-hybridized carbons (Fsp3) is 0.167. The van der Waals surface area contributed by atoms with E-state index in [9.17, 15) is 4.79 Å². The van der Waals surface area contributed by atoms with E-state index in [0.717, 1.165) is 16.5 Å². The van der Waals surface area contributed by atoms with Crippen molar-refractivity contribution in [2.24, 2.45) is 0 Å². The summed E-state index contributed by atoms with van der Waals surface area (Å²) < 4.78 is 5.64. The average Bonchev–Trinajstić information content (AvgIpc) is 3.12. The highest BCUT2D eigenvalue weighted by atomic mass is 35.5. The number of ether oxygens (including phenoxy) is 1. The summed E-state index contributed by atoms with van der Waals surface area (Å²) in [7, 11) is 0. The van der Waals surface area contributed by atoms with E-state index >= 15 is 0 Å². The molecule has 3 rings (SSSR count). The van der Waals surface area contributed by atoms with Crippen LogP contribution in [0.5, 0.6) is 5.75 Å². The summed E-state index contributed by atoms with van der Waals surface area (Å²) in [5.41, 5.74) is 0.642. The number of nitrogens with one attached hydrogen (secondary N) is 2. The molecule has 0 radical (unpaired) electrons. The molecule has 0 spiro atoms. The molecule has 0 bridgehead atoms. The summed E-state index contributed by atoms with van der Waals surface area (Å²) in [6, 6.07) is 13.7. The summed E-state index contributed by atoms with van der Waals surface area (Å²) in [6.07, 6.45) is 0. The third-order valence-corrected chi connectivity index (χ3v) is 5.78. The molecule has 1 aromatic heterocycles. The summed E-state index contributed by atoms with van der Waals surface area (Å²) >= 11 is 14.7. The van der Waals surface area contributed by atoms with Gasteiger partial charge in [0.15, 0.2) is 0 Å². The van der Waals surface area contributed by atoms with Crippen LogP contribution >= 0.6 is 46.3 Å². The highest BCUT2D eigenvalue weighted by Crippen LogP contribution is 2.21. The minimum atomic E-state index is -0.381. The molecule has 0 aliphatic carbocycles. The molecule has 0 atom stereocenters. The van der Waals surface area contributed by atoms with Crippen molar-refractivity contribution < 1.29 is 9.53 Å². The van der Waals surface area contributed by atoms with Gasteiger partial charge in [-0.25, -0.2) is 4.79 Å². The number of halogens is 2. The van der Waals surface area contributed by atoms with Crippen molar-refractivity contribution in [1.82, 2.24) is 10.2 Å². The first-order valence-corrected chi connectivity index (χ1v) is 10.9. The third kappa shape index (κ3) is 6.87. The van der Waals surface area contributed by atoms with Gasteiger partial charge < -0.3 is 10.1 Å². The van der Waals surface area contributed by atoms with Crippen LogP contribution in [-0.4, -0.2) is 28.6 Å². The summed E-state index contributed by atoms with van der Waals surface area (Å²) in [5.74, 6) is 2.29. The monoisotopic (exact) mass is 454 g/mol. The number of benzene rings is 2. The largest absolute Gasteiger partial charge is 0.493 e. The van der Waals surface area contributed by atoms with Crippen molar-refractivity contribution in [2.45, 2.75) is 5.75 Å². The van der Waals surface area contributed by atoms with Crippen LogP contribution in [0.4, 0.5) is 15.6 Å². The van der Waals surface area contributed by atoms with Gasteiger partial charge in [0.1, 0.15) is 10.8 Å². The van der Waals surface area contributed by atoms with Gasteiger partial charge in [0, 0.05) is 27.2 Å². The molecule has 28 heavy (non-hydrogen) atoms. The molecule has 0 aliphatic heterocycles. The van der Waals surface area contributed by atoms with E-state index in [1.54, 1.807) is 48.2 Å². The summed E-state index contributed by atoms with van der Waals surface area (Å²) in [5, 5.41) is 16.0. The number of carbonyl (C=O) groups is 1. The van der Waals surface area contributed by atoms with Crippen LogP contribution in [0.1, 0.15) is 5.01 Å². The lowest BCUT2D eigenvalue weighted by atomic mass is 10.3. The number of hydrogen-bond donors (Lipinski definition) is 2. The molecule has 0 aliphatic rings. The molecule has 0 fully saturated rings. The average molecular weight is 455 g/mol. The zero-order valence-corrected chi connectivity index (χ0v) is 17.7. The Morgan fingerprint density at radius 2 is 1.68 bits per heavy atom. The zero-order valence-electron chi connectivity index (χ0n) is 14.5. The van der Waals surface area contributed by atoms with Crippen LogP contribution in [0, 0.1) is 0 Å². The lowest BCUT2D eigenvalue weighted by Crippen LogP contribution is -2.19. The Morgan fingerprint density at radius 3 is 2.39 bits per heavy atom. The SMILES string of the molecule is O=C(Nc1ccc(Cl)cc1)Nc1nnc(CSCCOc2ccc(Cl)cc2)s1. The van der Waals surface area contributed by atoms with Crippen molar-refractivity contribution in [2.75, 3.05) is 23.0 Å². The van der Waals surface area contributed by atoms with E-state index in [2.05, 4.69) is 20.8 Å². The predicted molar refractivity (Wildman–Crippen MR) is 117 cm³/mol. The molecule has 6 nitrogen and oxygen atoms in total. The van der Waals surface area contributed by atoms with E-state index in [-0.39, 0.29) is 6.03 Å². The van der Waals surface area contributed by atoms with Crippen LogP contribution < -0.4 is 15.4 Å². The van der Waals surface area contributed by atoms with Crippen molar-refractivity contribution >= 4 is 63.2 Å². The minimum absolute atomic E-state index is 0.381. The van der Waals surface area contributed by atoms with E-state index in [1.165, 1.54) is 11.3 Å². The van der Waals surface area contributed by atoms with E-state index in [4.69, 9.17) is 27.9 Å². The van der Waals surface area contributed by atoms with Gasteiger partial charge in [-0.2, -0.15) is 11.8 Å². The lowest BCUT2D eigenvalue weighted by molar-refractivity contribution is 0.262. The Labute approximate surface area is 180 Å². The van der Waals surface area contributed by atoms with Gasteiger partial charge in [-0.15, -0.1) is 10.2 Å². The van der Waals surface area contributed by atoms with Gasteiger partial charge in [-0.3, -0.25) is 5.32 Å². The highest BCUT2D eigenvalue weighted by Gasteiger charge is 2.08. The first-order valence-electron chi connectivity index (χ1n) is 8.20. The van der Waals surface area contributed by atoms with Crippen molar-refractivity contribution in [3.8, 4) is 5.75 Å². The number of amides is 2. The number of aromatic nitrogens is 2. The van der Waals surface area contributed by atoms with Gasteiger partial charge in [-0.1, -0.05) is 34.5 Å². The van der Waals surface area contributed by atoms with Gasteiger partial charge >= 0.3 is 6.03 Å². The zero-order chi connectivity index (χ0) is 19.8. The first kappa shape index (κ1) is 20.7. The van der Waals surface area contributed by atoms with Gasteiger partial charge in [0.25, 0.3) is 0 Å². The molecule has 2 amide bonds. The van der Waals surface area contributed by atoms with Crippen molar-refractivity contribution in [3.05, 3.63) is 63.6 Å². The molecule has 3 aromatic rings.